The molecule has 0 spiro atoms. The van der Waals surface area contributed by atoms with Gasteiger partial charge in [0, 0.05) is 21.6 Å². The van der Waals surface area contributed by atoms with Crippen molar-refractivity contribution in [3.05, 3.63) is 65.2 Å². The highest BCUT2D eigenvalue weighted by atomic mass is 32.2. The Balaban J connectivity index is 2.15. The van der Waals surface area contributed by atoms with Gasteiger partial charge in [-0.05, 0) is 36.7 Å². The molecule has 3 heteroatoms. The molecule has 0 fully saturated rings. The van der Waals surface area contributed by atoms with Gasteiger partial charge >= 0.3 is 0 Å². The number of rotatable bonds is 2. The minimum atomic E-state index is 0.146. The lowest BCUT2D eigenvalue weighted by Gasteiger charge is -2.10. The zero-order valence-electron chi connectivity index (χ0n) is 11.4. The summed E-state index contributed by atoms with van der Waals surface area (Å²) in [4.78, 5) is 0. The molecule has 0 amide bonds. The summed E-state index contributed by atoms with van der Waals surface area (Å²) in [6.07, 6.45) is 5.27. The molecule has 0 saturated carbocycles. The van der Waals surface area contributed by atoms with Gasteiger partial charge in [-0.15, -0.1) is 0 Å². The largest absolute Gasteiger partial charge is 0.329 e. The van der Waals surface area contributed by atoms with Crippen LogP contribution in [0.2, 0.25) is 0 Å². The fourth-order valence-corrected chi connectivity index (χ4v) is 3.45. The third-order valence-corrected chi connectivity index (χ3v) is 4.60. The van der Waals surface area contributed by atoms with Gasteiger partial charge in [-0.1, -0.05) is 48.6 Å². The van der Waals surface area contributed by atoms with Gasteiger partial charge in [0.2, 0.25) is 0 Å². The average Bonchev–Trinajstić information content (AvgIpc) is 2.89. The number of nitrogens with zero attached hydrogens (tertiary/aromatic N) is 1. The summed E-state index contributed by atoms with van der Waals surface area (Å²) in [5, 5.41) is 3.85. The van der Waals surface area contributed by atoms with Crippen LogP contribution in [0.15, 0.2) is 54.6 Å². The maximum atomic E-state index is 9.37. The Morgan fingerprint density at radius 1 is 1.00 bits per heavy atom. The second-order valence-corrected chi connectivity index (χ2v) is 6.05. The maximum Gasteiger partial charge on any atom is 0.0540 e. The molecule has 1 unspecified atom stereocenters. The number of hydrogen-bond acceptors (Lipinski definition) is 2. The predicted molar refractivity (Wildman–Crippen MR) is 90.1 cm³/mol. The molecule has 104 valence electrons. The molecule has 2 nitrogen and oxygen atoms in total. The first-order chi connectivity index (χ1) is 10.4. The minimum absolute atomic E-state index is 0.146. The third-order valence-electron chi connectivity index (χ3n) is 4.00. The van der Waals surface area contributed by atoms with Crippen LogP contribution in [0.4, 0.5) is 0 Å². The average molecular weight is 293 g/mol. The van der Waals surface area contributed by atoms with Crippen LogP contribution in [0, 0.1) is 0 Å². The van der Waals surface area contributed by atoms with Gasteiger partial charge in [-0.25, -0.2) is 0 Å². The van der Waals surface area contributed by atoms with E-state index < -0.39 is 0 Å². The van der Waals surface area contributed by atoms with E-state index in [9.17, 15) is 4.55 Å². The van der Waals surface area contributed by atoms with Gasteiger partial charge in [0.15, 0.2) is 0 Å². The Hall–Kier alpha value is -1.97. The van der Waals surface area contributed by atoms with Crippen molar-refractivity contribution in [2.45, 2.75) is 11.7 Å². The molecule has 1 aliphatic rings. The van der Waals surface area contributed by atoms with Crippen LogP contribution < -0.4 is 10.6 Å². The van der Waals surface area contributed by atoms with E-state index in [1.165, 1.54) is 27.2 Å². The van der Waals surface area contributed by atoms with E-state index in [1.807, 2.05) is 6.07 Å². The van der Waals surface area contributed by atoms with E-state index in [1.54, 1.807) is 0 Å². The highest BCUT2D eigenvalue weighted by Crippen LogP contribution is 2.19. The number of para-hydroxylation sites is 2. The van der Waals surface area contributed by atoms with Crippen LogP contribution in [0.3, 0.4) is 0 Å². The topological polar surface area (TPSA) is 25.2 Å². The van der Waals surface area contributed by atoms with Crippen LogP contribution in [-0.2, 0) is 0 Å². The molecule has 0 radical (unpaired) electrons. The molecule has 1 aromatic heterocycles. The fourth-order valence-electron chi connectivity index (χ4n) is 3.07. The van der Waals surface area contributed by atoms with Gasteiger partial charge in [0.05, 0.1) is 10.8 Å². The Morgan fingerprint density at radius 2 is 1.76 bits per heavy atom. The number of aromatic nitrogens is 1. The van der Waals surface area contributed by atoms with E-state index in [2.05, 4.69) is 65.3 Å². The lowest BCUT2D eigenvalue weighted by Crippen LogP contribution is -2.32. The standard InChI is InChI=1S/C18H15NOS/c20-21-14-10-11-18-16(12-14)15-8-4-5-9-17(15)19(18)13-6-2-1-3-7-13/h1-9,11-12,14,20H,10H2. The second kappa shape index (κ2) is 5.10. The molecule has 0 aliphatic heterocycles. The normalized spacial score (nSPS) is 17.1. The summed E-state index contributed by atoms with van der Waals surface area (Å²) in [7, 11) is 0. The third kappa shape index (κ3) is 2.01. The van der Waals surface area contributed by atoms with Crippen molar-refractivity contribution in [3.63, 3.8) is 0 Å². The number of fused-ring (bicyclic) bond motifs is 3. The molecular formula is C18H15NOS. The Bertz CT molecular complexity index is 912. The molecule has 1 N–H and O–H groups in total. The van der Waals surface area contributed by atoms with Crippen LogP contribution in [0.5, 0.6) is 0 Å². The lowest BCUT2D eigenvalue weighted by molar-refractivity contribution is 0.658. The summed E-state index contributed by atoms with van der Waals surface area (Å²) in [5.74, 6) is 0. The summed E-state index contributed by atoms with van der Waals surface area (Å²) in [6.45, 7) is 0. The zero-order valence-corrected chi connectivity index (χ0v) is 12.3. The minimum Gasteiger partial charge on any atom is -0.329 e. The maximum absolute atomic E-state index is 9.37. The summed E-state index contributed by atoms with van der Waals surface area (Å²) in [6, 6.07) is 18.9. The van der Waals surface area contributed by atoms with Crippen LogP contribution in [0.25, 0.3) is 28.7 Å². The van der Waals surface area contributed by atoms with E-state index in [4.69, 9.17) is 0 Å². The monoisotopic (exact) mass is 293 g/mol. The predicted octanol–water partition coefficient (Wildman–Crippen LogP) is 3.17. The van der Waals surface area contributed by atoms with Gasteiger partial charge in [0.1, 0.15) is 0 Å². The van der Waals surface area contributed by atoms with Gasteiger partial charge < -0.3 is 9.12 Å². The summed E-state index contributed by atoms with van der Waals surface area (Å²) in [5.41, 5.74) is 2.39. The molecule has 1 aliphatic carbocycles. The molecule has 3 aromatic rings. The van der Waals surface area contributed by atoms with E-state index in [-0.39, 0.29) is 5.25 Å². The first-order valence-electron chi connectivity index (χ1n) is 7.05. The first kappa shape index (κ1) is 12.7. The summed E-state index contributed by atoms with van der Waals surface area (Å²) >= 11 is 0.927. The van der Waals surface area contributed by atoms with E-state index in [0.29, 0.717) is 0 Å². The van der Waals surface area contributed by atoms with Crippen molar-refractivity contribution >= 4 is 35.1 Å². The Labute approximate surface area is 127 Å². The fraction of sp³-hybridized carbons (Fsp3) is 0.111. The molecular weight excluding hydrogens is 278 g/mol. The smallest absolute Gasteiger partial charge is 0.0540 e. The van der Waals surface area contributed by atoms with Crippen molar-refractivity contribution in [2.75, 3.05) is 0 Å². The van der Waals surface area contributed by atoms with Crippen molar-refractivity contribution in [1.82, 2.24) is 4.57 Å². The van der Waals surface area contributed by atoms with Crippen molar-refractivity contribution < 1.29 is 4.55 Å². The van der Waals surface area contributed by atoms with Crippen molar-refractivity contribution in [2.24, 2.45) is 0 Å². The van der Waals surface area contributed by atoms with Crippen LogP contribution in [-0.4, -0.2) is 14.4 Å². The number of benzene rings is 2. The van der Waals surface area contributed by atoms with E-state index in [0.717, 1.165) is 18.5 Å². The molecule has 0 bridgehead atoms. The van der Waals surface area contributed by atoms with Gasteiger partial charge in [-0.2, -0.15) is 0 Å². The molecule has 21 heavy (non-hydrogen) atoms. The van der Waals surface area contributed by atoms with Gasteiger partial charge in [0.25, 0.3) is 0 Å². The van der Waals surface area contributed by atoms with Crippen LogP contribution >= 0.6 is 12.0 Å². The molecule has 1 atom stereocenters. The molecule has 4 rings (SSSR count). The summed E-state index contributed by atoms with van der Waals surface area (Å²) < 4.78 is 11.7. The van der Waals surface area contributed by atoms with Crippen molar-refractivity contribution in [3.8, 4) is 5.69 Å². The van der Waals surface area contributed by atoms with Crippen molar-refractivity contribution in [1.29, 1.82) is 0 Å². The second-order valence-electron chi connectivity index (χ2n) is 5.24. The Kier molecular flexibility index (Phi) is 3.09. The quantitative estimate of drug-likeness (QED) is 0.734. The highest BCUT2D eigenvalue weighted by molar-refractivity contribution is 7.94. The molecule has 1 heterocycles. The zero-order chi connectivity index (χ0) is 14.2. The van der Waals surface area contributed by atoms with E-state index >= 15 is 0 Å². The highest BCUT2D eigenvalue weighted by Gasteiger charge is 2.14. The Morgan fingerprint density at radius 3 is 2.57 bits per heavy atom. The molecule has 2 aromatic carbocycles. The SMILES string of the molecule is OSC1C=c2c(n(-c3ccccc3)c3ccccc23)=CC1. The lowest BCUT2D eigenvalue weighted by atomic mass is 10.1. The van der Waals surface area contributed by atoms with Crippen LogP contribution in [0.1, 0.15) is 6.42 Å². The number of hydrogen-bond donors (Lipinski definition) is 1. The first-order valence-corrected chi connectivity index (χ1v) is 7.89. The van der Waals surface area contributed by atoms with Gasteiger partial charge in [-0.3, -0.25) is 0 Å². The molecule has 0 saturated heterocycles.